The molecule has 0 spiro atoms. The van der Waals surface area contributed by atoms with Crippen molar-refractivity contribution in [2.24, 2.45) is 0 Å². The number of carbonyl (C=O) groups excluding carboxylic acids is 1. The molecule has 0 aliphatic carbocycles. The number of pyridine rings is 1. The minimum absolute atomic E-state index is 0.356. The zero-order valence-electron chi connectivity index (χ0n) is 11.3. The van der Waals surface area contributed by atoms with Gasteiger partial charge in [0.15, 0.2) is 0 Å². The first-order chi connectivity index (χ1) is 10.2. The minimum atomic E-state index is -0.356. The maximum absolute atomic E-state index is 11.6. The lowest BCUT2D eigenvalue weighted by atomic mass is 10.1. The Kier molecular flexibility index (Phi) is 3.71. The van der Waals surface area contributed by atoms with E-state index in [1.54, 1.807) is 12.1 Å². The fourth-order valence-electron chi connectivity index (χ4n) is 2.18. The third-order valence-electron chi connectivity index (χ3n) is 3.26. The van der Waals surface area contributed by atoms with E-state index in [0.29, 0.717) is 5.56 Å². The summed E-state index contributed by atoms with van der Waals surface area (Å²) in [7, 11) is 1.37. The molecule has 3 aromatic rings. The van der Waals surface area contributed by atoms with Gasteiger partial charge in [0.2, 0.25) is 0 Å². The van der Waals surface area contributed by atoms with E-state index in [4.69, 9.17) is 4.74 Å². The molecule has 0 atom stereocenters. The lowest BCUT2D eigenvalue weighted by molar-refractivity contribution is 0.0601. The van der Waals surface area contributed by atoms with Gasteiger partial charge in [-0.3, -0.25) is 0 Å². The summed E-state index contributed by atoms with van der Waals surface area (Å²) in [5.74, 6) is -0.356. The van der Waals surface area contributed by atoms with Gasteiger partial charge in [0.1, 0.15) is 0 Å². The quantitative estimate of drug-likeness (QED) is 0.646. The Hall–Kier alpha value is -2.20. The zero-order chi connectivity index (χ0) is 14.8. The van der Waals surface area contributed by atoms with Gasteiger partial charge < -0.3 is 4.74 Å². The monoisotopic (exact) mass is 341 g/mol. The fraction of sp³-hybridized carbons (Fsp3) is 0.0588. The van der Waals surface area contributed by atoms with Gasteiger partial charge in [0.05, 0.1) is 23.9 Å². The molecule has 3 rings (SSSR count). The average molecular weight is 342 g/mol. The lowest BCUT2D eigenvalue weighted by Gasteiger charge is -2.06. The number of fused-ring (bicyclic) bond motifs is 1. The smallest absolute Gasteiger partial charge is 0.337 e. The molecule has 0 aliphatic rings. The summed E-state index contributed by atoms with van der Waals surface area (Å²) >= 11 is 3.53. The van der Waals surface area contributed by atoms with E-state index >= 15 is 0 Å². The van der Waals surface area contributed by atoms with Gasteiger partial charge in [-0.05, 0) is 24.3 Å². The number of benzene rings is 2. The van der Waals surface area contributed by atoms with Gasteiger partial charge in [0, 0.05) is 15.4 Å². The van der Waals surface area contributed by atoms with E-state index in [1.807, 2.05) is 42.5 Å². The van der Waals surface area contributed by atoms with Crippen LogP contribution in [0.2, 0.25) is 0 Å². The van der Waals surface area contributed by atoms with Crippen LogP contribution in [-0.4, -0.2) is 18.1 Å². The normalized spacial score (nSPS) is 10.6. The summed E-state index contributed by atoms with van der Waals surface area (Å²) in [6, 6.07) is 17.3. The highest BCUT2D eigenvalue weighted by Crippen LogP contribution is 2.28. The second-order valence-corrected chi connectivity index (χ2v) is 5.43. The summed E-state index contributed by atoms with van der Waals surface area (Å²) < 4.78 is 5.73. The van der Waals surface area contributed by atoms with Crippen molar-refractivity contribution in [3.8, 4) is 11.3 Å². The van der Waals surface area contributed by atoms with Crippen LogP contribution in [0.25, 0.3) is 22.2 Å². The van der Waals surface area contributed by atoms with Crippen molar-refractivity contribution in [2.45, 2.75) is 0 Å². The first-order valence-electron chi connectivity index (χ1n) is 6.43. The van der Waals surface area contributed by atoms with E-state index < -0.39 is 0 Å². The number of aromatic nitrogens is 1. The Morgan fingerprint density at radius 2 is 1.86 bits per heavy atom. The van der Waals surface area contributed by atoms with Gasteiger partial charge in [0.25, 0.3) is 0 Å². The molecule has 0 N–H and O–H groups in total. The van der Waals surface area contributed by atoms with Crippen molar-refractivity contribution < 1.29 is 9.53 Å². The van der Waals surface area contributed by atoms with Gasteiger partial charge in [-0.1, -0.05) is 46.3 Å². The Balaban J connectivity index is 2.14. The third-order valence-corrected chi connectivity index (χ3v) is 3.95. The number of hydrogen-bond donors (Lipinski definition) is 0. The molecule has 0 radical (unpaired) electrons. The van der Waals surface area contributed by atoms with Crippen molar-refractivity contribution in [3.63, 3.8) is 0 Å². The van der Waals surface area contributed by atoms with Crippen molar-refractivity contribution >= 4 is 32.8 Å². The van der Waals surface area contributed by atoms with Gasteiger partial charge in [-0.15, -0.1) is 0 Å². The minimum Gasteiger partial charge on any atom is -0.465 e. The second kappa shape index (κ2) is 5.66. The van der Waals surface area contributed by atoms with Crippen LogP contribution in [0, 0.1) is 0 Å². The Morgan fingerprint density at radius 1 is 1.10 bits per heavy atom. The number of esters is 1. The molecule has 0 amide bonds. The van der Waals surface area contributed by atoms with E-state index in [1.165, 1.54) is 7.11 Å². The molecule has 0 unspecified atom stereocenters. The molecule has 0 aliphatic heterocycles. The number of rotatable bonds is 2. The Morgan fingerprint density at radius 3 is 2.62 bits per heavy atom. The highest BCUT2D eigenvalue weighted by Gasteiger charge is 2.09. The Labute approximate surface area is 130 Å². The number of hydrogen-bond acceptors (Lipinski definition) is 3. The number of ether oxygens (including phenoxy) is 1. The molecule has 1 heterocycles. The van der Waals surface area contributed by atoms with Crippen molar-refractivity contribution in [2.75, 3.05) is 7.11 Å². The highest BCUT2D eigenvalue weighted by molar-refractivity contribution is 9.10. The Bertz CT molecular complexity index is 830. The molecule has 0 saturated carbocycles. The molecule has 0 saturated heterocycles. The van der Waals surface area contributed by atoms with E-state index in [2.05, 4.69) is 20.9 Å². The van der Waals surface area contributed by atoms with Crippen molar-refractivity contribution in [1.82, 2.24) is 4.98 Å². The first-order valence-corrected chi connectivity index (χ1v) is 7.22. The molecular formula is C17H12BrNO2. The number of nitrogens with zero attached hydrogens (tertiary/aromatic N) is 1. The van der Waals surface area contributed by atoms with Gasteiger partial charge >= 0.3 is 5.97 Å². The van der Waals surface area contributed by atoms with Crippen LogP contribution < -0.4 is 0 Å². The second-order valence-electron chi connectivity index (χ2n) is 4.58. The SMILES string of the molecule is COC(=O)c1ccc2ccc(-c3ccccc3Br)nc2c1. The highest BCUT2D eigenvalue weighted by atomic mass is 79.9. The topological polar surface area (TPSA) is 39.2 Å². The molecule has 2 aromatic carbocycles. The van der Waals surface area contributed by atoms with Gasteiger partial charge in [-0.2, -0.15) is 0 Å². The predicted molar refractivity (Wildman–Crippen MR) is 86.2 cm³/mol. The number of halogens is 1. The summed E-state index contributed by atoms with van der Waals surface area (Å²) in [4.78, 5) is 16.3. The van der Waals surface area contributed by atoms with E-state index in [0.717, 1.165) is 26.6 Å². The molecule has 0 fully saturated rings. The largest absolute Gasteiger partial charge is 0.465 e. The van der Waals surface area contributed by atoms with Crippen molar-refractivity contribution in [1.29, 1.82) is 0 Å². The van der Waals surface area contributed by atoms with Crippen LogP contribution in [0.4, 0.5) is 0 Å². The molecule has 3 nitrogen and oxygen atoms in total. The number of methoxy groups -OCH3 is 1. The van der Waals surface area contributed by atoms with Crippen molar-refractivity contribution in [3.05, 3.63) is 64.6 Å². The van der Waals surface area contributed by atoms with E-state index in [-0.39, 0.29) is 5.97 Å². The molecule has 104 valence electrons. The fourth-order valence-corrected chi connectivity index (χ4v) is 2.67. The summed E-state index contributed by atoms with van der Waals surface area (Å²) in [5, 5.41) is 0.985. The van der Waals surface area contributed by atoms with Crippen LogP contribution in [-0.2, 0) is 4.74 Å². The standard InChI is InChI=1S/C17H12BrNO2/c1-21-17(20)12-7-6-11-8-9-15(19-16(11)10-12)13-4-2-3-5-14(13)18/h2-10H,1H3. The summed E-state index contributed by atoms with van der Waals surface area (Å²) in [5.41, 5.74) is 3.15. The van der Waals surface area contributed by atoms with Gasteiger partial charge in [-0.25, -0.2) is 9.78 Å². The predicted octanol–water partition coefficient (Wildman–Crippen LogP) is 4.45. The van der Waals surface area contributed by atoms with E-state index in [9.17, 15) is 4.79 Å². The van der Waals surface area contributed by atoms with Crippen LogP contribution in [0.1, 0.15) is 10.4 Å². The molecule has 0 bridgehead atoms. The maximum atomic E-state index is 11.6. The third kappa shape index (κ3) is 2.67. The van der Waals surface area contributed by atoms with Crippen LogP contribution in [0.15, 0.2) is 59.1 Å². The molecule has 21 heavy (non-hydrogen) atoms. The van der Waals surface area contributed by atoms with Crippen LogP contribution >= 0.6 is 15.9 Å². The summed E-state index contributed by atoms with van der Waals surface area (Å²) in [6.07, 6.45) is 0. The molecule has 4 heteroatoms. The average Bonchev–Trinajstić information content (AvgIpc) is 2.53. The summed E-state index contributed by atoms with van der Waals surface area (Å²) in [6.45, 7) is 0. The zero-order valence-corrected chi connectivity index (χ0v) is 12.9. The van der Waals surface area contributed by atoms with Crippen LogP contribution in [0.5, 0.6) is 0 Å². The maximum Gasteiger partial charge on any atom is 0.337 e. The van der Waals surface area contributed by atoms with Crippen LogP contribution in [0.3, 0.4) is 0 Å². The first kappa shape index (κ1) is 13.8. The number of carbonyl (C=O) groups is 1. The molecule has 1 aromatic heterocycles. The lowest BCUT2D eigenvalue weighted by Crippen LogP contribution is -2.01. The molecular weight excluding hydrogens is 330 g/mol.